The number of amides is 1. The fourth-order valence-corrected chi connectivity index (χ4v) is 2.68. The largest absolute Gasteiger partial charge is 0.374 e. The Morgan fingerprint density at radius 3 is 2.79 bits per heavy atom. The summed E-state index contributed by atoms with van der Waals surface area (Å²) in [4.78, 5) is 13.9. The van der Waals surface area contributed by atoms with Crippen molar-refractivity contribution in [2.45, 2.75) is 19.8 Å². The number of hydrogen-bond donors (Lipinski definition) is 2. The first-order valence-corrected chi connectivity index (χ1v) is 7.55. The average Bonchev–Trinajstić information content (AvgIpc) is 2.90. The van der Waals surface area contributed by atoms with E-state index in [4.69, 9.17) is 0 Å². The van der Waals surface area contributed by atoms with Crippen LogP contribution in [0.4, 0.5) is 11.4 Å². The predicted molar refractivity (Wildman–Crippen MR) is 82.8 cm³/mol. The molecule has 2 rings (SSSR count). The highest BCUT2D eigenvalue weighted by Gasteiger charge is 2.16. The Hall–Kier alpha value is -1.23. The lowest BCUT2D eigenvalue weighted by atomic mass is 10.2. The van der Waals surface area contributed by atoms with Gasteiger partial charge in [0.2, 0.25) is 5.91 Å². The van der Waals surface area contributed by atoms with Gasteiger partial charge in [-0.15, -0.1) is 0 Å². The van der Waals surface area contributed by atoms with E-state index < -0.39 is 0 Å². The van der Waals surface area contributed by atoms with Gasteiger partial charge in [0, 0.05) is 24.1 Å². The quantitative estimate of drug-likeness (QED) is 0.874. The van der Waals surface area contributed by atoms with E-state index in [0.29, 0.717) is 13.1 Å². The number of rotatable bonds is 5. The summed E-state index contributed by atoms with van der Waals surface area (Å²) in [6, 6.07) is 6.19. The van der Waals surface area contributed by atoms with Gasteiger partial charge in [0.25, 0.3) is 0 Å². The second-order valence-electron chi connectivity index (χ2n) is 4.66. The molecule has 0 bridgehead atoms. The molecule has 2 N–H and O–H groups in total. The highest BCUT2D eigenvalue weighted by Crippen LogP contribution is 2.31. The second kappa shape index (κ2) is 6.80. The molecule has 1 amide bonds. The Morgan fingerprint density at radius 1 is 1.37 bits per heavy atom. The van der Waals surface area contributed by atoms with Crippen LogP contribution in [-0.4, -0.2) is 32.1 Å². The third-order valence-electron chi connectivity index (χ3n) is 3.22. The molecule has 104 valence electrons. The molecule has 4 nitrogen and oxygen atoms in total. The molecule has 0 aliphatic carbocycles. The second-order valence-corrected chi connectivity index (χ2v) is 5.58. The van der Waals surface area contributed by atoms with E-state index in [2.05, 4.69) is 37.5 Å². The van der Waals surface area contributed by atoms with E-state index in [1.807, 2.05) is 19.1 Å². The maximum atomic E-state index is 11.5. The van der Waals surface area contributed by atoms with Crippen molar-refractivity contribution < 1.29 is 4.79 Å². The molecule has 1 aromatic rings. The van der Waals surface area contributed by atoms with Gasteiger partial charge in [0.1, 0.15) is 0 Å². The van der Waals surface area contributed by atoms with Crippen molar-refractivity contribution in [2.24, 2.45) is 0 Å². The van der Waals surface area contributed by atoms with Crippen LogP contribution in [0.3, 0.4) is 0 Å². The highest BCUT2D eigenvalue weighted by molar-refractivity contribution is 9.10. The Labute approximate surface area is 122 Å². The summed E-state index contributed by atoms with van der Waals surface area (Å²) in [5.41, 5.74) is 2.20. The fraction of sp³-hybridized carbons (Fsp3) is 0.500. The van der Waals surface area contributed by atoms with Crippen molar-refractivity contribution in [2.75, 3.05) is 36.4 Å². The molecular formula is C14H20BrN3O. The van der Waals surface area contributed by atoms with Crippen LogP contribution in [0, 0.1) is 0 Å². The number of hydrogen-bond acceptors (Lipinski definition) is 3. The maximum Gasteiger partial charge on any atom is 0.239 e. The number of anilines is 2. The van der Waals surface area contributed by atoms with E-state index in [-0.39, 0.29) is 5.91 Å². The minimum absolute atomic E-state index is 0.0230. The van der Waals surface area contributed by atoms with Crippen LogP contribution in [0.2, 0.25) is 0 Å². The number of nitrogens with one attached hydrogen (secondary N) is 2. The van der Waals surface area contributed by atoms with Crippen molar-refractivity contribution in [3.05, 3.63) is 22.7 Å². The smallest absolute Gasteiger partial charge is 0.239 e. The third-order valence-corrected chi connectivity index (χ3v) is 3.71. The van der Waals surface area contributed by atoms with E-state index in [0.717, 1.165) is 23.2 Å². The standard InChI is InChI=1S/C14H20BrN3O/c1-2-16-14(19)10-17-12-9-11(15)5-6-13(12)18-7-3-4-8-18/h5-6,9,17H,2-4,7-8,10H2,1H3,(H,16,19). The molecule has 1 aliphatic heterocycles. The van der Waals surface area contributed by atoms with Gasteiger partial charge in [-0.1, -0.05) is 15.9 Å². The molecular weight excluding hydrogens is 306 g/mol. The lowest BCUT2D eigenvalue weighted by Crippen LogP contribution is -2.30. The lowest BCUT2D eigenvalue weighted by Gasteiger charge is -2.22. The van der Waals surface area contributed by atoms with Crippen molar-refractivity contribution >= 4 is 33.2 Å². The van der Waals surface area contributed by atoms with Crippen molar-refractivity contribution in [1.82, 2.24) is 5.32 Å². The van der Waals surface area contributed by atoms with E-state index in [9.17, 15) is 4.79 Å². The summed E-state index contributed by atoms with van der Waals surface area (Å²) < 4.78 is 1.02. The van der Waals surface area contributed by atoms with Gasteiger partial charge in [-0.05, 0) is 38.0 Å². The number of halogens is 1. The van der Waals surface area contributed by atoms with Gasteiger partial charge in [-0.2, -0.15) is 0 Å². The van der Waals surface area contributed by atoms with Crippen molar-refractivity contribution in [3.8, 4) is 0 Å². The van der Waals surface area contributed by atoms with Gasteiger partial charge >= 0.3 is 0 Å². The van der Waals surface area contributed by atoms with Crippen LogP contribution in [0.5, 0.6) is 0 Å². The van der Waals surface area contributed by atoms with Gasteiger partial charge in [-0.3, -0.25) is 4.79 Å². The minimum atomic E-state index is 0.0230. The SMILES string of the molecule is CCNC(=O)CNc1cc(Br)ccc1N1CCCC1. The highest BCUT2D eigenvalue weighted by atomic mass is 79.9. The van der Waals surface area contributed by atoms with Gasteiger partial charge in [-0.25, -0.2) is 0 Å². The third kappa shape index (κ3) is 3.86. The minimum Gasteiger partial charge on any atom is -0.374 e. The fourth-order valence-electron chi connectivity index (χ4n) is 2.32. The summed E-state index contributed by atoms with van der Waals surface area (Å²) in [6.07, 6.45) is 2.48. The first-order chi connectivity index (χ1) is 9.20. The molecule has 0 unspecified atom stereocenters. The van der Waals surface area contributed by atoms with E-state index in [1.54, 1.807) is 0 Å². The number of nitrogens with zero attached hydrogens (tertiary/aromatic N) is 1. The number of carbonyl (C=O) groups is 1. The molecule has 1 heterocycles. The zero-order valence-electron chi connectivity index (χ0n) is 11.2. The molecule has 1 saturated heterocycles. The zero-order valence-corrected chi connectivity index (χ0v) is 12.8. The molecule has 0 atom stereocenters. The lowest BCUT2D eigenvalue weighted by molar-refractivity contribution is -0.119. The Kier molecular flexibility index (Phi) is 5.07. The monoisotopic (exact) mass is 325 g/mol. The van der Waals surface area contributed by atoms with Crippen LogP contribution in [0.1, 0.15) is 19.8 Å². The first kappa shape index (κ1) is 14.2. The summed E-state index contributed by atoms with van der Waals surface area (Å²) in [5, 5.41) is 6.02. The van der Waals surface area contributed by atoms with E-state index >= 15 is 0 Å². The maximum absolute atomic E-state index is 11.5. The summed E-state index contributed by atoms with van der Waals surface area (Å²) in [6.45, 7) is 5.09. The Morgan fingerprint density at radius 2 is 2.11 bits per heavy atom. The van der Waals surface area contributed by atoms with Crippen molar-refractivity contribution in [3.63, 3.8) is 0 Å². The molecule has 0 saturated carbocycles. The molecule has 0 spiro atoms. The molecule has 1 aliphatic rings. The summed E-state index contributed by atoms with van der Waals surface area (Å²) in [5.74, 6) is 0.0230. The van der Waals surface area contributed by atoms with Crippen LogP contribution in [0.15, 0.2) is 22.7 Å². The molecule has 19 heavy (non-hydrogen) atoms. The average molecular weight is 326 g/mol. The molecule has 5 heteroatoms. The first-order valence-electron chi connectivity index (χ1n) is 6.75. The summed E-state index contributed by atoms with van der Waals surface area (Å²) >= 11 is 3.48. The molecule has 1 aromatic carbocycles. The van der Waals surface area contributed by atoms with Crippen LogP contribution >= 0.6 is 15.9 Å². The van der Waals surface area contributed by atoms with Crippen LogP contribution in [0.25, 0.3) is 0 Å². The number of carbonyl (C=O) groups excluding carboxylic acids is 1. The number of likely N-dealkylation sites (N-methyl/N-ethyl adjacent to an activating group) is 1. The predicted octanol–water partition coefficient (Wildman–Crippen LogP) is 2.60. The van der Waals surface area contributed by atoms with Gasteiger partial charge in [0.05, 0.1) is 17.9 Å². The Bertz CT molecular complexity index is 444. The Balaban J connectivity index is 2.08. The van der Waals surface area contributed by atoms with Crippen molar-refractivity contribution in [1.29, 1.82) is 0 Å². The van der Waals surface area contributed by atoms with E-state index in [1.165, 1.54) is 18.5 Å². The summed E-state index contributed by atoms with van der Waals surface area (Å²) in [7, 11) is 0. The van der Waals surface area contributed by atoms with Crippen LogP contribution < -0.4 is 15.5 Å². The number of benzene rings is 1. The van der Waals surface area contributed by atoms with Gasteiger partial charge < -0.3 is 15.5 Å². The van der Waals surface area contributed by atoms with Crippen LogP contribution in [-0.2, 0) is 4.79 Å². The molecule has 1 fully saturated rings. The zero-order chi connectivity index (χ0) is 13.7. The molecule has 0 aromatic heterocycles. The topological polar surface area (TPSA) is 44.4 Å². The normalized spacial score (nSPS) is 14.5. The molecule has 0 radical (unpaired) electrons. The van der Waals surface area contributed by atoms with Gasteiger partial charge in [0.15, 0.2) is 0 Å².